The van der Waals surface area contributed by atoms with Gasteiger partial charge in [-0.3, -0.25) is 4.79 Å². The minimum atomic E-state index is -0.534. The van der Waals surface area contributed by atoms with E-state index >= 15 is 0 Å². The monoisotopic (exact) mass is 220 g/mol. The molecule has 1 fully saturated rings. The van der Waals surface area contributed by atoms with Crippen LogP contribution in [-0.4, -0.2) is 36.6 Å². The number of hydrogen-bond donors (Lipinski definition) is 0. The smallest absolute Gasteiger partial charge is 0.289 e. The van der Waals surface area contributed by atoms with Gasteiger partial charge in [0, 0.05) is 6.54 Å². The molecule has 1 aromatic heterocycles. The van der Waals surface area contributed by atoms with Gasteiger partial charge in [0.05, 0.1) is 19.2 Å². The quantitative estimate of drug-likeness (QED) is 0.706. The van der Waals surface area contributed by atoms with E-state index in [-0.39, 0.29) is 5.91 Å². The zero-order valence-corrected chi connectivity index (χ0v) is 8.97. The highest BCUT2D eigenvalue weighted by Gasteiger charge is 2.26. The first kappa shape index (κ1) is 10.7. The molecule has 5 nitrogen and oxygen atoms in total. The van der Waals surface area contributed by atoms with Gasteiger partial charge in [0.15, 0.2) is 11.9 Å². The van der Waals surface area contributed by atoms with Crippen LogP contribution < -0.4 is 0 Å². The number of carbonyl (C=O) groups is 1. The van der Waals surface area contributed by atoms with E-state index in [9.17, 15) is 4.79 Å². The van der Waals surface area contributed by atoms with Crippen LogP contribution in [0.2, 0.25) is 0 Å². The highest BCUT2D eigenvalue weighted by Crippen LogP contribution is 2.12. The Morgan fingerprint density at radius 1 is 1.62 bits per heavy atom. The largest absolute Gasteiger partial charge is 0.456 e. The van der Waals surface area contributed by atoms with Crippen molar-refractivity contribution in [3.63, 3.8) is 0 Å². The van der Waals surface area contributed by atoms with Gasteiger partial charge in [0.25, 0.3) is 5.91 Å². The second kappa shape index (κ2) is 4.37. The number of nitriles is 1. The van der Waals surface area contributed by atoms with Gasteiger partial charge in [0.1, 0.15) is 5.76 Å². The standard InChI is InChI=1S/C11H12N2O3/c1-8-2-3-10(16-8)11(14)13-4-5-15-9(6-12)7-13/h2-3,9H,4-5,7H2,1H3. The summed E-state index contributed by atoms with van der Waals surface area (Å²) >= 11 is 0. The summed E-state index contributed by atoms with van der Waals surface area (Å²) in [4.78, 5) is 13.5. The molecule has 1 aliphatic heterocycles. The van der Waals surface area contributed by atoms with Crippen molar-refractivity contribution in [1.29, 1.82) is 5.26 Å². The van der Waals surface area contributed by atoms with Gasteiger partial charge < -0.3 is 14.1 Å². The maximum absolute atomic E-state index is 11.9. The summed E-state index contributed by atoms with van der Waals surface area (Å²) in [6, 6.07) is 5.39. The summed E-state index contributed by atoms with van der Waals surface area (Å²) in [7, 11) is 0. The van der Waals surface area contributed by atoms with Gasteiger partial charge >= 0.3 is 0 Å². The summed E-state index contributed by atoms with van der Waals surface area (Å²) < 4.78 is 10.4. The molecular formula is C11H12N2O3. The van der Waals surface area contributed by atoms with Gasteiger partial charge in [0.2, 0.25) is 0 Å². The van der Waals surface area contributed by atoms with Crippen molar-refractivity contribution in [2.45, 2.75) is 13.0 Å². The third-order valence-corrected chi connectivity index (χ3v) is 2.45. The number of aryl methyl sites for hydroxylation is 1. The molecular weight excluding hydrogens is 208 g/mol. The van der Waals surface area contributed by atoms with Crippen molar-refractivity contribution < 1.29 is 13.9 Å². The number of amides is 1. The van der Waals surface area contributed by atoms with Crippen LogP contribution >= 0.6 is 0 Å². The molecule has 1 aliphatic rings. The molecule has 1 unspecified atom stereocenters. The fraction of sp³-hybridized carbons (Fsp3) is 0.455. The van der Waals surface area contributed by atoms with E-state index in [1.807, 2.05) is 6.07 Å². The molecule has 1 amide bonds. The lowest BCUT2D eigenvalue weighted by molar-refractivity contribution is 0.00207. The summed E-state index contributed by atoms with van der Waals surface area (Å²) in [5, 5.41) is 8.73. The van der Waals surface area contributed by atoms with Crippen molar-refractivity contribution in [1.82, 2.24) is 4.90 Å². The van der Waals surface area contributed by atoms with Crippen LogP contribution in [0.1, 0.15) is 16.3 Å². The minimum Gasteiger partial charge on any atom is -0.456 e. The van der Waals surface area contributed by atoms with Gasteiger partial charge in [-0.2, -0.15) is 5.26 Å². The Morgan fingerprint density at radius 3 is 3.06 bits per heavy atom. The van der Waals surface area contributed by atoms with E-state index in [1.165, 1.54) is 0 Å². The van der Waals surface area contributed by atoms with Crippen LogP contribution in [0.25, 0.3) is 0 Å². The molecule has 0 radical (unpaired) electrons. The zero-order valence-electron chi connectivity index (χ0n) is 8.97. The Kier molecular flexibility index (Phi) is 2.93. The van der Waals surface area contributed by atoms with E-state index in [2.05, 4.69) is 0 Å². The predicted molar refractivity (Wildman–Crippen MR) is 54.7 cm³/mol. The Hall–Kier alpha value is -1.80. The van der Waals surface area contributed by atoms with Crippen molar-refractivity contribution in [3.05, 3.63) is 23.7 Å². The number of morpholine rings is 1. The molecule has 0 saturated carbocycles. The molecule has 16 heavy (non-hydrogen) atoms. The minimum absolute atomic E-state index is 0.184. The fourth-order valence-corrected chi connectivity index (χ4v) is 1.62. The molecule has 1 aromatic rings. The summed E-state index contributed by atoms with van der Waals surface area (Å²) in [6.07, 6.45) is -0.534. The molecule has 0 aliphatic carbocycles. The maximum atomic E-state index is 11.9. The van der Waals surface area contributed by atoms with Crippen molar-refractivity contribution >= 4 is 5.91 Å². The molecule has 0 spiro atoms. The Balaban J connectivity index is 2.08. The van der Waals surface area contributed by atoms with Gasteiger partial charge in [-0.05, 0) is 19.1 Å². The van der Waals surface area contributed by atoms with Crippen LogP contribution in [0.4, 0.5) is 0 Å². The second-order valence-electron chi connectivity index (χ2n) is 3.65. The molecule has 2 rings (SSSR count). The topological polar surface area (TPSA) is 66.5 Å². The van der Waals surface area contributed by atoms with Crippen LogP contribution in [0.3, 0.4) is 0 Å². The number of furan rings is 1. The van der Waals surface area contributed by atoms with E-state index < -0.39 is 6.10 Å². The summed E-state index contributed by atoms with van der Waals surface area (Å²) in [5.41, 5.74) is 0. The highest BCUT2D eigenvalue weighted by atomic mass is 16.5. The van der Waals surface area contributed by atoms with E-state index in [0.29, 0.717) is 31.2 Å². The molecule has 84 valence electrons. The lowest BCUT2D eigenvalue weighted by Gasteiger charge is -2.28. The molecule has 5 heteroatoms. The number of ether oxygens (including phenoxy) is 1. The maximum Gasteiger partial charge on any atom is 0.289 e. The number of rotatable bonds is 1. The zero-order chi connectivity index (χ0) is 11.5. The normalized spacial score (nSPS) is 20.5. The Labute approximate surface area is 93.2 Å². The molecule has 0 N–H and O–H groups in total. The average molecular weight is 220 g/mol. The molecule has 0 bridgehead atoms. The van der Waals surface area contributed by atoms with Crippen LogP contribution in [-0.2, 0) is 4.74 Å². The lowest BCUT2D eigenvalue weighted by Crippen LogP contribution is -2.45. The first-order valence-corrected chi connectivity index (χ1v) is 5.07. The number of carbonyl (C=O) groups excluding carboxylic acids is 1. The number of hydrogen-bond acceptors (Lipinski definition) is 4. The van der Waals surface area contributed by atoms with E-state index in [4.69, 9.17) is 14.4 Å². The Bertz CT molecular complexity index is 433. The first-order valence-electron chi connectivity index (χ1n) is 5.07. The molecule has 2 heterocycles. The molecule has 0 aromatic carbocycles. The number of nitrogens with zero attached hydrogens (tertiary/aromatic N) is 2. The first-order chi connectivity index (χ1) is 7.70. The average Bonchev–Trinajstić information content (AvgIpc) is 2.75. The Morgan fingerprint density at radius 2 is 2.44 bits per heavy atom. The van der Waals surface area contributed by atoms with Gasteiger partial charge in [-0.25, -0.2) is 0 Å². The third-order valence-electron chi connectivity index (χ3n) is 2.45. The van der Waals surface area contributed by atoms with Crippen LogP contribution in [0, 0.1) is 18.3 Å². The van der Waals surface area contributed by atoms with Crippen molar-refractivity contribution in [2.24, 2.45) is 0 Å². The SMILES string of the molecule is Cc1ccc(C(=O)N2CCOC(C#N)C2)o1. The van der Waals surface area contributed by atoms with Crippen LogP contribution in [0.15, 0.2) is 16.5 Å². The lowest BCUT2D eigenvalue weighted by atomic mass is 10.2. The van der Waals surface area contributed by atoms with Crippen molar-refractivity contribution in [2.75, 3.05) is 19.7 Å². The van der Waals surface area contributed by atoms with Crippen LogP contribution in [0.5, 0.6) is 0 Å². The predicted octanol–water partition coefficient (Wildman–Crippen LogP) is 0.953. The van der Waals surface area contributed by atoms with E-state index in [1.54, 1.807) is 24.0 Å². The van der Waals surface area contributed by atoms with E-state index in [0.717, 1.165) is 0 Å². The van der Waals surface area contributed by atoms with Gasteiger partial charge in [-0.1, -0.05) is 0 Å². The summed E-state index contributed by atoms with van der Waals surface area (Å²) in [6.45, 7) is 2.98. The molecule has 1 atom stereocenters. The summed E-state index contributed by atoms with van der Waals surface area (Å²) in [5.74, 6) is 0.834. The van der Waals surface area contributed by atoms with Gasteiger partial charge in [-0.15, -0.1) is 0 Å². The fourth-order valence-electron chi connectivity index (χ4n) is 1.62. The highest BCUT2D eigenvalue weighted by molar-refractivity contribution is 5.91. The second-order valence-corrected chi connectivity index (χ2v) is 3.65. The molecule has 1 saturated heterocycles. The third kappa shape index (κ3) is 2.07. The van der Waals surface area contributed by atoms with Crippen molar-refractivity contribution in [3.8, 4) is 6.07 Å².